The van der Waals surface area contributed by atoms with E-state index in [0.29, 0.717) is 0 Å². The maximum Gasteiger partial charge on any atom is 0.293 e. The van der Waals surface area contributed by atoms with Gasteiger partial charge in [-0.25, -0.2) is 0 Å². The quantitative estimate of drug-likeness (QED) is 0.524. The first-order valence-electron chi connectivity index (χ1n) is 7.49. The molecule has 1 aromatic heterocycles. The van der Waals surface area contributed by atoms with Crippen LogP contribution < -0.4 is 9.88 Å². The Labute approximate surface area is 134 Å². The molecule has 6 heteroatoms. The Hall–Kier alpha value is -2.76. The maximum absolute atomic E-state index is 12.5. The van der Waals surface area contributed by atoms with Crippen LogP contribution in [0.5, 0.6) is 0 Å². The van der Waals surface area contributed by atoms with Crippen molar-refractivity contribution in [3.8, 4) is 0 Å². The van der Waals surface area contributed by atoms with Gasteiger partial charge in [0, 0.05) is 31.5 Å². The molecule has 0 saturated carbocycles. The lowest BCUT2D eigenvalue weighted by Crippen LogP contribution is -2.47. The van der Waals surface area contributed by atoms with Crippen molar-refractivity contribution in [1.29, 1.82) is 0 Å². The van der Waals surface area contributed by atoms with E-state index in [0.717, 1.165) is 17.7 Å². The monoisotopic (exact) mass is 314 g/mol. The van der Waals surface area contributed by atoms with Gasteiger partial charge in [-0.3, -0.25) is 14.9 Å². The zero-order chi connectivity index (χ0) is 17.0. The summed E-state index contributed by atoms with van der Waals surface area (Å²) < 4.78 is 1.88. The molecule has 0 spiro atoms. The highest BCUT2D eigenvalue weighted by molar-refractivity contribution is 5.94. The summed E-state index contributed by atoms with van der Waals surface area (Å²) in [5, 5.41) is 13.7. The van der Waals surface area contributed by atoms with Gasteiger partial charge in [-0.05, 0) is 18.6 Å². The number of hydrogen-bond donors (Lipinski definition) is 1. The molecule has 0 aliphatic carbocycles. The van der Waals surface area contributed by atoms with E-state index < -0.39 is 11.0 Å². The number of carbonyl (C=O) groups is 1. The number of rotatable bonds is 5. The summed E-state index contributed by atoms with van der Waals surface area (Å²) >= 11 is 0. The molecule has 0 aliphatic heterocycles. The summed E-state index contributed by atoms with van der Waals surface area (Å²) in [6, 6.07) is 9.65. The largest absolute Gasteiger partial charge is 0.315 e. The van der Waals surface area contributed by atoms with Crippen molar-refractivity contribution >= 4 is 17.3 Å². The topological polar surface area (TPSA) is 76.1 Å². The number of nitrogens with one attached hydrogen (secondary N) is 1. The van der Waals surface area contributed by atoms with Crippen molar-refractivity contribution in [3.63, 3.8) is 0 Å². The van der Waals surface area contributed by atoms with Gasteiger partial charge < -0.3 is 5.32 Å². The van der Waals surface area contributed by atoms with Gasteiger partial charge >= 0.3 is 0 Å². The molecule has 1 heterocycles. The highest BCUT2D eigenvalue weighted by Crippen LogP contribution is 2.23. The van der Waals surface area contributed by atoms with Gasteiger partial charge in [-0.2, -0.15) is 4.57 Å². The molecule has 1 aromatic carbocycles. The predicted octanol–water partition coefficient (Wildman–Crippen LogP) is 2.95. The molecule has 120 valence electrons. The molecule has 6 nitrogen and oxygen atoms in total. The van der Waals surface area contributed by atoms with Gasteiger partial charge in [0.2, 0.25) is 6.04 Å². The summed E-state index contributed by atoms with van der Waals surface area (Å²) in [6.07, 6.45) is 2.82. The molecule has 1 N–H and O–H groups in total. The van der Waals surface area contributed by atoms with E-state index in [2.05, 4.69) is 5.32 Å². The fraction of sp³-hybridized carbons (Fsp3) is 0.294. The second kappa shape index (κ2) is 7.00. The Balaban J connectivity index is 2.26. The van der Waals surface area contributed by atoms with Crippen molar-refractivity contribution in [3.05, 3.63) is 64.0 Å². The average Bonchev–Trinajstić information content (AvgIpc) is 2.55. The molecule has 0 saturated heterocycles. The highest BCUT2D eigenvalue weighted by Gasteiger charge is 2.26. The van der Waals surface area contributed by atoms with Crippen LogP contribution in [0.1, 0.15) is 31.1 Å². The molecule has 0 radical (unpaired) electrons. The Morgan fingerprint density at radius 2 is 2.00 bits per heavy atom. The van der Waals surface area contributed by atoms with E-state index in [1.807, 2.05) is 36.7 Å². The number of hydrogen-bond acceptors (Lipinski definition) is 3. The van der Waals surface area contributed by atoms with E-state index >= 15 is 0 Å². The lowest BCUT2D eigenvalue weighted by Gasteiger charge is -2.11. The minimum absolute atomic E-state index is 0.114. The number of pyridine rings is 1. The summed E-state index contributed by atoms with van der Waals surface area (Å²) in [4.78, 5) is 23.0. The van der Waals surface area contributed by atoms with E-state index in [9.17, 15) is 14.9 Å². The number of nitrogens with zero attached hydrogens (tertiary/aromatic N) is 2. The standard InChI is InChI=1S/C17H19N3O3/c1-4-14-10-9-12(2)19(11-14)13(3)17(21)18-15-7-5-6-8-16(15)20(22)23/h5-11,13H,4H2,1-3H3/p+1/t13-/m1/s1. The van der Waals surface area contributed by atoms with Gasteiger partial charge in [-0.15, -0.1) is 0 Å². The number of aryl methyl sites for hydroxylation is 2. The molecule has 0 unspecified atom stereocenters. The van der Waals surface area contributed by atoms with Gasteiger partial charge in [0.05, 0.1) is 4.92 Å². The zero-order valence-electron chi connectivity index (χ0n) is 13.4. The molecular formula is C17H20N3O3+. The number of anilines is 1. The molecule has 0 bridgehead atoms. The van der Waals surface area contributed by atoms with Gasteiger partial charge in [0.15, 0.2) is 11.9 Å². The number of nitro benzene ring substituents is 1. The molecule has 2 rings (SSSR count). The third-order valence-electron chi connectivity index (χ3n) is 3.81. The van der Waals surface area contributed by atoms with E-state index in [1.165, 1.54) is 12.1 Å². The van der Waals surface area contributed by atoms with E-state index in [4.69, 9.17) is 0 Å². The second-order valence-corrected chi connectivity index (χ2v) is 5.38. The molecule has 0 aliphatic rings. The summed E-state index contributed by atoms with van der Waals surface area (Å²) in [7, 11) is 0. The fourth-order valence-electron chi connectivity index (χ4n) is 2.37. The number of amides is 1. The third kappa shape index (κ3) is 3.71. The van der Waals surface area contributed by atoms with Crippen LogP contribution in [0.25, 0.3) is 0 Å². The maximum atomic E-state index is 12.5. The molecule has 23 heavy (non-hydrogen) atoms. The average molecular weight is 314 g/mol. The first-order chi connectivity index (χ1) is 10.9. The SMILES string of the molecule is CCc1ccc(C)[n+]([C@H](C)C(=O)Nc2ccccc2[N+](=O)[O-])c1. The Kier molecular flexibility index (Phi) is 5.05. The van der Waals surface area contributed by atoms with Crippen LogP contribution in [-0.2, 0) is 11.2 Å². The Morgan fingerprint density at radius 1 is 1.30 bits per heavy atom. The molecule has 2 aromatic rings. The van der Waals surface area contributed by atoms with Crippen LogP contribution >= 0.6 is 0 Å². The van der Waals surface area contributed by atoms with Crippen LogP contribution in [0.2, 0.25) is 0 Å². The van der Waals surface area contributed by atoms with Crippen molar-refractivity contribution in [2.24, 2.45) is 0 Å². The van der Waals surface area contributed by atoms with Crippen LogP contribution in [0.15, 0.2) is 42.6 Å². The van der Waals surface area contributed by atoms with E-state index in [1.54, 1.807) is 19.1 Å². The first-order valence-corrected chi connectivity index (χ1v) is 7.49. The van der Waals surface area contributed by atoms with Crippen LogP contribution in [0, 0.1) is 17.0 Å². The normalized spacial score (nSPS) is 11.8. The lowest BCUT2D eigenvalue weighted by molar-refractivity contribution is -0.711. The fourth-order valence-corrected chi connectivity index (χ4v) is 2.37. The summed E-state index contributed by atoms with van der Waals surface area (Å²) in [5.74, 6) is -0.291. The molecule has 1 amide bonds. The number of nitro groups is 1. The Morgan fingerprint density at radius 3 is 2.65 bits per heavy atom. The predicted molar refractivity (Wildman–Crippen MR) is 87.2 cm³/mol. The van der Waals surface area contributed by atoms with Gasteiger partial charge in [0.25, 0.3) is 11.6 Å². The lowest BCUT2D eigenvalue weighted by atomic mass is 10.1. The third-order valence-corrected chi connectivity index (χ3v) is 3.81. The smallest absolute Gasteiger partial charge is 0.293 e. The van der Waals surface area contributed by atoms with Gasteiger partial charge in [-0.1, -0.05) is 19.1 Å². The van der Waals surface area contributed by atoms with Crippen molar-refractivity contribution in [1.82, 2.24) is 0 Å². The van der Waals surface area contributed by atoms with Gasteiger partial charge in [0.1, 0.15) is 5.69 Å². The Bertz CT molecular complexity index is 744. The number of carbonyl (C=O) groups excluding carboxylic acids is 1. The first kappa shape index (κ1) is 16.6. The van der Waals surface area contributed by atoms with Crippen LogP contribution in [0.4, 0.5) is 11.4 Å². The number of para-hydroxylation sites is 2. The van der Waals surface area contributed by atoms with Crippen molar-refractivity contribution in [2.75, 3.05) is 5.32 Å². The molecular weight excluding hydrogens is 294 g/mol. The van der Waals surface area contributed by atoms with Crippen molar-refractivity contribution in [2.45, 2.75) is 33.2 Å². The summed E-state index contributed by atoms with van der Waals surface area (Å²) in [6.45, 7) is 5.75. The zero-order valence-corrected chi connectivity index (χ0v) is 13.4. The van der Waals surface area contributed by atoms with E-state index in [-0.39, 0.29) is 17.3 Å². The van der Waals surface area contributed by atoms with Crippen LogP contribution in [-0.4, -0.2) is 10.8 Å². The number of benzene rings is 1. The van der Waals surface area contributed by atoms with Crippen molar-refractivity contribution < 1.29 is 14.3 Å². The number of aromatic nitrogens is 1. The second-order valence-electron chi connectivity index (χ2n) is 5.38. The highest BCUT2D eigenvalue weighted by atomic mass is 16.6. The molecule has 1 atom stereocenters. The minimum atomic E-state index is -0.504. The molecule has 0 fully saturated rings. The minimum Gasteiger partial charge on any atom is -0.315 e. The summed E-state index contributed by atoms with van der Waals surface area (Å²) in [5.41, 5.74) is 2.17. The van der Waals surface area contributed by atoms with Crippen LogP contribution in [0.3, 0.4) is 0 Å².